The van der Waals surface area contributed by atoms with E-state index in [1.54, 1.807) is 38.4 Å². The smallest absolute Gasteiger partial charge is 0.251 e. The summed E-state index contributed by atoms with van der Waals surface area (Å²) >= 11 is 0. The second-order valence-corrected chi connectivity index (χ2v) is 4.88. The van der Waals surface area contributed by atoms with Crippen LogP contribution in [-0.4, -0.2) is 17.9 Å². The molecular weight excluding hydrogens is 269 g/mol. The predicted molar refractivity (Wildman–Crippen MR) is 80.8 cm³/mol. The second kappa shape index (κ2) is 6.35. The van der Waals surface area contributed by atoms with Gasteiger partial charge in [0, 0.05) is 18.8 Å². The van der Waals surface area contributed by atoms with Crippen LogP contribution in [-0.2, 0) is 0 Å². The highest BCUT2D eigenvalue weighted by atomic mass is 19.1. The monoisotopic (exact) mass is 287 g/mol. The van der Waals surface area contributed by atoms with Gasteiger partial charge in [-0.25, -0.2) is 9.37 Å². The Labute approximate surface area is 123 Å². The predicted octanol–water partition coefficient (Wildman–Crippen LogP) is 3.06. The van der Waals surface area contributed by atoms with Crippen molar-refractivity contribution in [1.82, 2.24) is 10.3 Å². The number of aryl methyl sites for hydroxylation is 1. The summed E-state index contributed by atoms with van der Waals surface area (Å²) in [4.78, 5) is 16.2. The molecule has 1 unspecified atom stereocenters. The van der Waals surface area contributed by atoms with E-state index in [4.69, 9.17) is 0 Å². The van der Waals surface area contributed by atoms with Crippen LogP contribution in [0.5, 0.6) is 0 Å². The molecule has 0 saturated carbocycles. The molecule has 0 spiro atoms. The number of benzene rings is 1. The number of hydrogen-bond acceptors (Lipinski definition) is 3. The molecule has 1 heterocycles. The van der Waals surface area contributed by atoms with Crippen LogP contribution in [0, 0.1) is 12.7 Å². The Morgan fingerprint density at radius 2 is 2.05 bits per heavy atom. The van der Waals surface area contributed by atoms with Crippen molar-refractivity contribution in [3.8, 4) is 0 Å². The van der Waals surface area contributed by atoms with Gasteiger partial charge in [0.15, 0.2) is 0 Å². The topological polar surface area (TPSA) is 54.0 Å². The summed E-state index contributed by atoms with van der Waals surface area (Å²) in [6.07, 6.45) is 1.57. The second-order valence-electron chi connectivity index (χ2n) is 4.88. The summed E-state index contributed by atoms with van der Waals surface area (Å²) in [6.45, 7) is 3.53. The molecule has 5 heteroatoms. The lowest BCUT2D eigenvalue weighted by atomic mass is 10.1. The molecule has 1 amide bonds. The van der Waals surface area contributed by atoms with E-state index in [9.17, 15) is 9.18 Å². The first-order valence-electron chi connectivity index (χ1n) is 6.72. The largest absolute Gasteiger partial charge is 0.373 e. The van der Waals surface area contributed by atoms with Crippen molar-refractivity contribution in [3.63, 3.8) is 0 Å². The molecule has 2 rings (SSSR count). The van der Waals surface area contributed by atoms with E-state index >= 15 is 0 Å². The van der Waals surface area contributed by atoms with Crippen LogP contribution in [0.3, 0.4) is 0 Å². The molecule has 0 fully saturated rings. The van der Waals surface area contributed by atoms with Gasteiger partial charge in [0.25, 0.3) is 5.91 Å². The van der Waals surface area contributed by atoms with Crippen molar-refractivity contribution in [1.29, 1.82) is 0 Å². The number of hydrogen-bond donors (Lipinski definition) is 2. The zero-order chi connectivity index (χ0) is 15.4. The third-order valence-corrected chi connectivity index (χ3v) is 3.32. The standard InChI is InChI=1S/C16H18FN3O/c1-10-4-5-12(8-14(10)17)11(2)20-16(21)13-6-7-19-15(9-13)18-3/h4-9,11H,1-3H3,(H,18,19)(H,20,21). The molecule has 2 aromatic rings. The lowest BCUT2D eigenvalue weighted by molar-refractivity contribution is 0.0939. The lowest BCUT2D eigenvalue weighted by Crippen LogP contribution is -2.26. The SMILES string of the molecule is CNc1cc(C(=O)NC(C)c2ccc(C)c(F)c2)ccn1. The summed E-state index contributed by atoms with van der Waals surface area (Å²) in [5.74, 6) is 0.133. The number of rotatable bonds is 4. The van der Waals surface area contributed by atoms with E-state index in [1.807, 2.05) is 13.0 Å². The molecule has 110 valence electrons. The average molecular weight is 287 g/mol. The van der Waals surface area contributed by atoms with Crippen LogP contribution in [0.2, 0.25) is 0 Å². The summed E-state index contributed by atoms with van der Waals surface area (Å²) in [5, 5.41) is 5.73. The minimum Gasteiger partial charge on any atom is -0.373 e. The number of nitrogens with zero attached hydrogens (tertiary/aromatic N) is 1. The number of halogens is 1. The highest BCUT2D eigenvalue weighted by Crippen LogP contribution is 2.17. The van der Waals surface area contributed by atoms with Crippen LogP contribution in [0.25, 0.3) is 0 Å². The van der Waals surface area contributed by atoms with Gasteiger partial charge >= 0.3 is 0 Å². The first-order chi connectivity index (χ1) is 10.0. The van der Waals surface area contributed by atoms with Crippen LogP contribution in [0.15, 0.2) is 36.5 Å². The molecule has 0 saturated heterocycles. The number of amides is 1. The maximum Gasteiger partial charge on any atom is 0.251 e. The fraction of sp³-hybridized carbons (Fsp3) is 0.250. The zero-order valence-corrected chi connectivity index (χ0v) is 12.3. The lowest BCUT2D eigenvalue weighted by Gasteiger charge is -2.15. The van der Waals surface area contributed by atoms with Crippen LogP contribution < -0.4 is 10.6 Å². The molecule has 1 aromatic heterocycles. The molecule has 21 heavy (non-hydrogen) atoms. The molecule has 1 atom stereocenters. The average Bonchev–Trinajstić information content (AvgIpc) is 2.49. The van der Waals surface area contributed by atoms with Crippen LogP contribution in [0.4, 0.5) is 10.2 Å². The molecule has 0 aliphatic heterocycles. The molecule has 0 aliphatic rings. The van der Waals surface area contributed by atoms with Gasteiger partial charge in [-0.1, -0.05) is 12.1 Å². The van der Waals surface area contributed by atoms with Gasteiger partial charge in [0.1, 0.15) is 11.6 Å². The van der Waals surface area contributed by atoms with E-state index in [0.29, 0.717) is 16.9 Å². The molecule has 2 N–H and O–H groups in total. The van der Waals surface area contributed by atoms with Crippen LogP contribution >= 0.6 is 0 Å². The Morgan fingerprint density at radius 1 is 1.29 bits per heavy atom. The maximum atomic E-state index is 13.6. The number of nitrogens with one attached hydrogen (secondary N) is 2. The van der Waals surface area contributed by atoms with Crippen LogP contribution in [0.1, 0.15) is 34.5 Å². The van der Waals surface area contributed by atoms with E-state index < -0.39 is 0 Å². The number of pyridine rings is 1. The first-order valence-corrected chi connectivity index (χ1v) is 6.72. The number of carbonyl (C=O) groups excluding carboxylic acids is 1. The maximum absolute atomic E-state index is 13.6. The molecule has 0 radical (unpaired) electrons. The summed E-state index contributed by atoms with van der Waals surface area (Å²) < 4.78 is 13.6. The van der Waals surface area contributed by atoms with Gasteiger partial charge in [0.2, 0.25) is 0 Å². The third-order valence-electron chi connectivity index (χ3n) is 3.32. The fourth-order valence-electron chi connectivity index (χ4n) is 1.95. The Hall–Kier alpha value is -2.43. The number of aromatic nitrogens is 1. The van der Waals surface area contributed by atoms with Crippen molar-refractivity contribution < 1.29 is 9.18 Å². The fourth-order valence-corrected chi connectivity index (χ4v) is 1.95. The van der Waals surface area contributed by atoms with E-state index in [2.05, 4.69) is 15.6 Å². The number of anilines is 1. The Balaban J connectivity index is 2.12. The summed E-state index contributed by atoms with van der Waals surface area (Å²) in [5.41, 5.74) is 1.83. The van der Waals surface area contributed by atoms with Gasteiger partial charge in [-0.3, -0.25) is 4.79 Å². The highest BCUT2D eigenvalue weighted by Gasteiger charge is 2.13. The van der Waals surface area contributed by atoms with Gasteiger partial charge in [-0.05, 0) is 43.2 Å². The van der Waals surface area contributed by atoms with Crippen molar-refractivity contribution in [3.05, 3.63) is 59.0 Å². The van der Waals surface area contributed by atoms with E-state index in [1.165, 1.54) is 6.07 Å². The molecule has 0 aliphatic carbocycles. The summed E-state index contributed by atoms with van der Waals surface area (Å²) in [6, 6.07) is 7.99. The normalized spacial score (nSPS) is 11.8. The van der Waals surface area contributed by atoms with Crippen molar-refractivity contribution in [2.45, 2.75) is 19.9 Å². The minimum absolute atomic E-state index is 0.220. The Bertz CT molecular complexity index is 658. The van der Waals surface area contributed by atoms with Gasteiger partial charge < -0.3 is 10.6 Å². The van der Waals surface area contributed by atoms with Gasteiger partial charge in [0.05, 0.1) is 6.04 Å². The van der Waals surface area contributed by atoms with Gasteiger partial charge in [-0.2, -0.15) is 0 Å². The third kappa shape index (κ3) is 3.56. The molecule has 4 nitrogen and oxygen atoms in total. The Kier molecular flexibility index (Phi) is 4.52. The highest BCUT2D eigenvalue weighted by molar-refractivity contribution is 5.95. The first kappa shape index (κ1) is 15.0. The Morgan fingerprint density at radius 3 is 2.71 bits per heavy atom. The van der Waals surface area contributed by atoms with Crippen molar-refractivity contribution in [2.24, 2.45) is 0 Å². The quantitative estimate of drug-likeness (QED) is 0.908. The molecule has 1 aromatic carbocycles. The van der Waals surface area contributed by atoms with Gasteiger partial charge in [-0.15, -0.1) is 0 Å². The minimum atomic E-state index is -0.279. The number of carbonyl (C=O) groups is 1. The molecule has 0 bridgehead atoms. The molecular formula is C16H18FN3O. The van der Waals surface area contributed by atoms with Crippen molar-refractivity contribution >= 4 is 11.7 Å². The zero-order valence-electron chi connectivity index (χ0n) is 12.3. The van der Waals surface area contributed by atoms with E-state index in [-0.39, 0.29) is 17.8 Å². The summed E-state index contributed by atoms with van der Waals surface area (Å²) in [7, 11) is 1.74. The van der Waals surface area contributed by atoms with E-state index in [0.717, 1.165) is 5.56 Å². The van der Waals surface area contributed by atoms with Crippen molar-refractivity contribution in [2.75, 3.05) is 12.4 Å².